The number of nitrogens with zero attached hydrogens (tertiary/aromatic N) is 3. The number of carbonyl (C=O) groups excluding carboxylic acids is 3. The Morgan fingerprint density at radius 2 is 1.71 bits per heavy atom. The van der Waals surface area contributed by atoms with E-state index in [2.05, 4.69) is 16.8 Å². The van der Waals surface area contributed by atoms with Crippen LogP contribution < -0.4 is 14.8 Å². The number of anilines is 1. The van der Waals surface area contributed by atoms with Crippen molar-refractivity contribution in [2.45, 2.75) is 38.6 Å². The van der Waals surface area contributed by atoms with E-state index in [0.717, 1.165) is 56.8 Å². The highest BCUT2D eigenvalue weighted by molar-refractivity contribution is 6.44. The van der Waals surface area contributed by atoms with E-state index in [9.17, 15) is 14.4 Å². The van der Waals surface area contributed by atoms with Crippen molar-refractivity contribution in [3.05, 3.63) is 24.5 Å². The van der Waals surface area contributed by atoms with Gasteiger partial charge in [-0.05, 0) is 18.8 Å². The van der Waals surface area contributed by atoms with Crippen molar-refractivity contribution < 1.29 is 24.3 Å². The van der Waals surface area contributed by atoms with Crippen LogP contribution in [-0.2, 0) is 9.59 Å². The topological polar surface area (TPSA) is 79.5 Å². The lowest BCUT2D eigenvalue weighted by Gasteiger charge is -2.35. The van der Waals surface area contributed by atoms with Gasteiger partial charge < -0.3 is 9.80 Å². The fourth-order valence-corrected chi connectivity index (χ4v) is 4.69. The summed E-state index contributed by atoms with van der Waals surface area (Å²) in [6.07, 6.45) is 7.75. The van der Waals surface area contributed by atoms with Crippen LogP contribution in [0.1, 0.15) is 32.6 Å². The highest BCUT2D eigenvalue weighted by Crippen LogP contribution is 2.30. The summed E-state index contributed by atoms with van der Waals surface area (Å²) < 4.78 is 0. The number of rotatable bonds is 4. The molecule has 2 aliphatic heterocycles. The highest BCUT2D eigenvalue weighted by atomic mass is 16.2. The smallest absolute Gasteiger partial charge is 0.338 e. The number of amides is 4. The van der Waals surface area contributed by atoms with Gasteiger partial charge in [0.1, 0.15) is 0 Å². The van der Waals surface area contributed by atoms with Crippen molar-refractivity contribution in [1.29, 1.82) is 0 Å². The summed E-state index contributed by atoms with van der Waals surface area (Å²) in [4.78, 5) is 46.9. The Labute approximate surface area is 165 Å². The third kappa shape index (κ3) is 3.48. The van der Waals surface area contributed by atoms with E-state index in [1.165, 1.54) is 15.5 Å². The Kier molecular flexibility index (Phi) is 5.30. The van der Waals surface area contributed by atoms with Gasteiger partial charge in [0.25, 0.3) is 0 Å². The Morgan fingerprint density at radius 1 is 1.04 bits per heavy atom. The number of aromatic amines is 1. The van der Waals surface area contributed by atoms with Gasteiger partial charge in [0.15, 0.2) is 19.1 Å². The molecule has 4 amide bonds. The second-order valence-electron chi connectivity index (χ2n) is 8.17. The number of hydrogen-bond acceptors (Lipinski definition) is 4. The first kappa shape index (κ1) is 18.9. The maximum atomic E-state index is 12.9. The van der Waals surface area contributed by atoms with Crippen LogP contribution in [0.15, 0.2) is 24.5 Å². The standard InChI is InChI=1S/C20H27N5O3/c1-15-4-2-3-5-17(15)25-19(27)18(26)24(20(25)28)14-22-10-12-23(13-11-22)16-6-8-21-9-7-16/h6-9,15,17H,2-5,10-14H2,1H3/p+2/t15-,17-/m0/s1. The van der Waals surface area contributed by atoms with Crippen LogP contribution in [0, 0.1) is 5.92 Å². The van der Waals surface area contributed by atoms with Gasteiger partial charge in [0.2, 0.25) is 0 Å². The van der Waals surface area contributed by atoms with E-state index in [1.807, 2.05) is 24.5 Å². The normalized spacial score (nSPS) is 27.0. The van der Waals surface area contributed by atoms with E-state index in [4.69, 9.17) is 0 Å². The molecule has 2 saturated heterocycles. The number of quaternary nitrogens is 1. The number of urea groups is 1. The summed E-state index contributed by atoms with van der Waals surface area (Å²) in [6.45, 7) is 5.70. The number of pyridine rings is 1. The van der Waals surface area contributed by atoms with Gasteiger partial charge in [-0.15, -0.1) is 0 Å². The Bertz CT molecular complexity index is 747. The molecule has 0 spiro atoms. The number of carbonyl (C=O) groups is 3. The summed E-state index contributed by atoms with van der Waals surface area (Å²) >= 11 is 0. The van der Waals surface area contributed by atoms with Crippen LogP contribution in [0.25, 0.3) is 0 Å². The zero-order valence-electron chi connectivity index (χ0n) is 16.4. The minimum absolute atomic E-state index is 0.135. The minimum atomic E-state index is -0.656. The van der Waals surface area contributed by atoms with Gasteiger partial charge in [-0.2, -0.15) is 0 Å². The molecule has 2 N–H and O–H groups in total. The average molecular weight is 387 g/mol. The summed E-state index contributed by atoms with van der Waals surface area (Å²) in [5.74, 6) is -1.04. The molecule has 2 atom stereocenters. The van der Waals surface area contributed by atoms with Crippen molar-refractivity contribution in [1.82, 2.24) is 9.80 Å². The third-order valence-electron chi connectivity index (χ3n) is 6.40. The van der Waals surface area contributed by atoms with Crippen molar-refractivity contribution >= 4 is 23.5 Å². The van der Waals surface area contributed by atoms with Crippen molar-refractivity contribution in [2.24, 2.45) is 5.92 Å². The van der Waals surface area contributed by atoms with E-state index >= 15 is 0 Å². The number of H-pyrrole nitrogens is 1. The number of nitrogens with one attached hydrogen (secondary N) is 2. The van der Waals surface area contributed by atoms with Crippen molar-refractivity contribution in [3.8, 4) is 0 Å². The molecule has 3 aliphatic rings. The monoisotopic (exact) mass is 387 g/mol. The molecule has 1 aromatic rings. The summed E-state index contributed by atoms with van der Waals surface area (Å²) in [6, 6.07) is 3.53. The molecule has 0 bridgehead atoms. The van der Waals surface area contributed by atoms with Crippen molar-refractivity contribution in [2.75, 3.05) is 37.7 Å². The van der Waals surface area contributed by atoms with Gasteiger partial charge in [-0.1, -0.05) is 19.8 Å². The number of aromatic nitrogens is 1. The fourth-order valence-electron chi connectivity index (χ4n) is 4.69. The predicted octanol–water partition coefficient (Wildman–Crippen LogP) is -0.467. The molecule has 28 heavy (non-hydrogen) atoms. The quantitative estimate of drug-likeness (QED) is 0.560. The largest absolute Gasteiger partial charge is 0.360 e. The molecule has 3 fully saturated rings. The molecule has 0 unspecified atom stereocenters. The van der Waals surface area contributed by atoms with Crippen LogP contribution in [0.2, 0.25) is 0 Å². The lowest BCUT2D eigenvalue weighted by Crippen LogP contribution is -3.16. The van der Waals surface area contributed by atoms with E-state index in [0.29, 0.717) is 0 Å². The molecular formula is C20H29N5O3+2. The molecule has 150 valence electrons. The summed E-state index contributed by atoms with van der Waals surface area (Å²) in [5, 5.41) is 0. The summed E-state index contributed by atoms with van der Waals surface area (Å²) in [5.41, 5.74) is 1.17. The van der Waals surface area contributed by atoms with Gasteiger partial charge >= 0.3 is 17.8 Å². The number of piperazine rings is 1. The third-order valence-corrected chi connectivity index (χ3v) is 6.40. The SMILES string of the molecule is C[C@H]1CCCC[C@@H]1N1C(=O)C(=O)N(C[NH+]2CCN(c3cc[nH+]cc3)CC2)C1=O. The molecule has 0 radical (unpaired) electrons. The van der Waals surface area contributed by atoms with Crippen molar-refractivity contribution in [3.63, 3.8) is 0 Å². The maximum absolute atomic E-state index is 12.9. The number of hydrogen-bond donors (Lipinski definition) is 1. The molecule has 8 nitrogen and oxygen atoms in total. The van der Waals surface area contributed by atoms with Gasteiger partial charge in [0.05, 0.1) is 26.2 Å². The number of imide groups is 2. The van der Waals surface area contributed by atoms with Crippen LogP contribution in [0.3, 0.4) is 0 Å². The molecule has 1 aliphatic carbocycles. The fraction of sp³-hybridized carbons (Fsp3) is 0.600. The Morgan fingerprint density at radius 3 is 2.39 bits per heavy atom. The molecule has 3 heterocycles. The molecule has 0 aromatic carbocycles. The first-order valence-corrected chi connectivity index (χ1v) is 10.3. The van der Waals surface area contributed by atoms with E-state index in [-0.39, 0.29) is 18.6 Å². The van der Waals surface area contributed by atoms with Gasteiger partial charge in [-0.25, -0.2) is 14.7 Å². The minimum Gasteiger partial charge on any atom is -0.360 e. The Balaban J connectivity index is 1.38. The van der Waals surface area contributed by atoms with Gasteiger partial charge in [0, 0.05) is 23.9 Å². The van der Waals surface area contributed by atoms with Crippen LogP contribution in [0.5, 0.6) is 0 Å². The first-order valence-electron chi connectivity index (χ1n) is 10.3. The maximum Gasteiger partial charge on any atom is 0.338 e. The van der Waals surface area contributed by atoms with E-state index < -0.39 is 17.8 Å². The molecule has 1 aromatic heterocycles. The second-order valence-corrected chi connectivity index (χ2v) is 8.17. The lowest BCUT2D eigenvalue weighted by atomic mass is 9.85. The zero-order valence-corrected chi connectivity index (χ0v) is 16.4. The predicted molar refractivity (Wildman–Crippen MR) is 101 cm³/mol. The lowest BCUT2D eigenvalue weighted by molar-refractivity contribution is -0.907. The van der Waals surface area contributed by atoms with Gasteiger partial charge in [-0.3, -0.25) is 14.5 Å². The second kappa shape index (κ2) is 7.87. The zero-order chi connectivity index (χ0) is 19.7. The first-order chi connectivity index (χ1) is 13.6. The molecular weight excluding hydrogens is 358 g/mol. The van der Waals surface area contributed by atoms with Crippen LogP contribution >= 0.6 is 0 Å². The molecule has 8 heteroatoms. The average Bonchev–Trinajstić information content (AvgIpc) is 2.93. The van der Waals surface area contributed by atoms with Crippen LogP contribution in [-0.4, -0.2) is 66.5 Å². The van der Waals surface area contributed by atoms with E-state index in [1.54, 1.807) is 0 Å². The van der Waals surface area contributed by atoms with Crippen LogP contribution in [0.4, 0.5) is 10.5 Å². The summed E-state index contributed by atoms with van der Waals surface area (Å²) in [7, 11) is 0. The molecule has 4 rings (SSSR count). The highest BCUT2D eigenvalue weighted by Gasteiger charge is 2.50. The molecule has 1 saturated carbocycles. The Hall–Kier alpha value is -2.48.